The number of benzene rings is 1. The van der Waals surface area contributed by atoms with Gasteiger partial charge in [-0.3, -0.25) is 15.0 Å². The lowest BCUT2D eigenvalue weighted by Crippen LogP contribution is -2.32. The molecule has 19 heavy (non-hydrogen) atoms. The summed E-state index contributed by atoms with van der Waals surface area (Å²) in [6, 6.07) is 6.02. The molecular weight excluding hydrogens is 291 g/mol. The summed E-state index contributed by atoms with van der Waals surface area (Å²) in [5.74, 6) is 1.71. The average molecular weight is 307 g/mol. The summed E-state index contributed by atoms with van der Waals surface area (Å²) in [6.07, 6.45) is 0. The van der Waals surface area contributed by atoms with Crippen molar-refractivity contribution in [2.75, 3.05) is 38.0 Å². The zero-order chi connectivity index (χ0) is 14.1. The van der Waals surface area contributed by atoms with E-state index >= 15 is 0 Å². The number of hydrogen-bond acceptors (Lipinski definition) is 4. The smallest absolute Gasteiger partial charge is 0.269 e. The number of nitro groups is 1. The number of nitrogens with zero attached hydrogens (tertiary/aromatic N) is 2. The monoisotopic (exact) mass is 306 g/mol. The van der Waals surface area contributed by atoms with Crippen LogP contribution in [-0.4, -0.2) is 47.8 Å². The van der Waals surface area contributed by atoms with Crippen LogP contribution in [0.1, 0.15) is 0 Å². The van der Waals surface area contributed by atoms with Crippen LogP contribution >= 0.6 is 23.2 Å². The van der Waals surface area contributed by atoms with E-state index in [0.717, 1.165) is 19.6 Å². The van der Waals surface area contributed by atoms with Crippen molar-refractivity contribution < 1.29 is 9.66 Å². The molecule has 0 bridgehead atoms. The topological polar surface area (TPSA) is 55.6 Å². The number of non-ortho nitro benzene ring substituents is 1. The highest BCUT2D eigenvalue weighted by atomic mass is 35.5. The van der Waals surface area contributed by atoms with Crippen LogP contribution in [0.4, 0.5) is 5.69 Å². The van der Waals surface area contributed by atoms with Crippen LogP contribution in [0.15, 0.2) is 24.3 Å². The van der Waals surface area contributed by atoms with E-state index in [0.29, 0.717) is 24.1 Å². The van der Waals surface area contributed by atoms with Crippen molar-refractivity contribution in [3.05, 3.63) is 34.4 Å². The highest BCUT2D eigenvalue weighted by Gasteiger charge is 2.06. The van der Waals surface area contributed by atoms with Gasteiger partial charge in [0.15, 0.2) is 0 Å². The molecule has 106 valence electrons. The molecule has 7 heteroatoms. The van der Waals surface area contributed by atoms with E-state index in [2.05, 4.69) is 4.90 Å². The lowest BCUT2D eigenvalue weighted by molar-refractivity contribution is -0.384. The standard InChI is InChI=1S/C12H16Cl2N2O3/c13-5-7-15(8-6-14)9-10-19-12-3-1-11(2-4-12)16(17)18/h1-4H,5-10H2. The molecule has 0 amide bonds. The van der Waals surface area contributed by atoms with E-state index in [4.69, 9.17) is 27.9 Å². The zero-order valence-corrected chi connectivity index (χ0v) is 11.9. The summed E-state index contributed by atoms with van der Waals surface area (Å²) in [5.41, 5.74) is 0.0539. The van der Waals surface area contributed by atoms with Crippen LogP contribution in [-0.2, 0) is 0 Å². The minimum absolute atomic E-state index is 0.0539. The van der Waals surface area contributed by atoms with E-state index in [1.165, 1.54) is 12.1 Å². The van der Waals surface area contributed by atoms with Crippen molar-refractivity contribution in [3.63, 3.8) is 0 Å². The Morgan fingerprint density at radius 3 is 2.16 bits per heavy atom. The quantitative estimate of drug-likeness (QED) is 0.400. The molecule has 1 aromatic rings. The maximum absolute atomic E-state index is 10.5. The van der Waals surface area contributed by atoms with Crippen molar-refractivity contribution in [2.45, 2.75) is 0 Å². The van der Waals surface area contributed by atoms with Gasteiger partial charge in [-0.15, -0.1) is 23.2 Å². The normalized spacial score (nSPS) is 10.7. The van der Waals surface area contributed by atoms with E-state index in [1.54, 1.807) is 12.1 Å². The Morgan fingerprint density at radius 1 is 1.11 bits per heavy atom. The van der Waals surface area contributed by atoms with E-state index in [1.807, 2.05) is 0 Å². The Hall–Kier alpha value is -1.04. The largest absolute Gasteiger partial charge is 0.492 e. The second-order valence-electron chi connectivity index (χ2n) is 3.82. The first-order chi connectivity index (χ1) is 9.17. The van der Waals surface area contributed by atoms with Crippen molar-refractivity contribution in [3.8, 4) is 5.75 Å². The molecule has 5 nitrogen and oxygen atoms in total. The molecule has 0 saturated heterocycles. The Bertz CT molecular complexity index is 381. The minimum atomic E-state index is -0.438. The van der Waals surface area contributed by atoms with Gasteiger partial charge in [0.05, 0.1) is 4.92 Å². The van der Waals surface area contributed by atoms with E-state index in [9.17, 15) is 10.1 Å². The van der Waals surface area contributed by atoms with Gasteiger partial charge in [0.25, 0.3) is 5.69 Å². The SMILES string of the molecule is O=[N+]([O-])c1ccc(OCCN(CCCl)CCCl)cc1. The Balaban J connectivity index is 2.37. The third-order valence-corrected chi connectivity index (χ3v) is 2.86. The summed E-state index contributed by atoms with van der Waals surface area (Å²) in [4.78, 5) is 12.2. The summed E-state index contributed by atoms with van der Waals surface area (Å²) in [5, 5.41) is 10.5. The van der Waals surface area contributed by atoms with Crippen LogP contribution in [0, 0.1) is 10.1 Å². The number of rotatable bonds is 9. The first-order valence-corrected chi connectivity index (χ1v) is 6.96. The van der Waals surface area contributed by atoms with Gasteiger partial charge in [-0.25, -0.2) is 0 Å². The molecular formula is C12H16Cl2N2O3. The molecule has 0 fully saturated rings. The van der Waals surface area contributed by atoms with Crippen LogP contribution in [0.25, 0.3) is 0 Å². The van der Waals surface area contributed by atoms with Gasteiger partial charge in [0.2, 0.25) is 0 Å². The lowest BCUT2D eigenvalue weighted by atomic mass is 10.3. The summed E-state index contributed by atoms with van der Waals surface area (Å²) < 4.78 is 5.51. The third-order valence-electron chi connectivity index (χ3n) is 2.53. The van der Waals surface area contributed by atoms with Gasteiger partial charge in [0, 0.05) is 43.5 Å². The van der Waals surface area contributed by atoms with Gasteiger partial charge in [-0.05, 0) is 12.1 Å². The molecule has 0 atom stereocenters. The van der Waals surface area contributed by atoms with Gasteiger partial charge in [-0.2, -0.15) is 0 Å². The first kappa shape index (κ1) is 16.0. The molecule has 1 aromatic carbocycles. The van der Waals surface area contributed by atoms with Gasteiger partial charge < -0.3 is 4.74 Å². The molecule has 0 aliphatic rings. The van der Waals surface area contributed by atoms with Crippen molar-refractivity contribution >= 4 is 28.9 Å². The number of hydrogen-bond donors (Lipinski definition) is 0. The summed E-state index contributed by atoms with van der Waals surface area (Å²) in [6.45, 7) is 2.73. The molecule has 0 heterocycles. The number of alkyl halides is 2. The van der Waals surface area contributed by atoms with Crippen molar-refractivity contribution in [1.29, 1.82) is 0 Å². The molecule has 0 unspecified atom stereocenters. The third kappa shape index (κ3) is 6.09. The lowest BCUT2D eigenvalue weighted by Gasteiger charge is -2.19. The Labute approximate surface area is 122 Å². The van der Waals surface area contributed by atoms with Crippen molar-refractivity contribution in [1.82, 2.24) is 4.90 Å². The first-order valence-electron chi connectivity index (χ1n) is 5.89. The van der Waals surface area contributed by atoms with Crippen molar-refractivity contribution in [2.24, 2.45) is 0 Å². The van der Waals surface area contributed by atoms with E-state index < -0.39 is 4.92 Å². The predicted octanol–water partition coefficient (Wildman–Crippen LogP) is 2.75. The highest BCUT2D eigenvalue weighted by molar-refractivity contribution is 6.18. The second-order valence-corrected chi connectivity index (χ2v) is 4.58. The van der Waals surface area contributed by atoms with Gasteiger partial charge >= 0.3 is 0 Å². The summed E-state index contributed by atoms with van der Waals surface area (Å²) in [7, 11) is 0. The summed E-state index contributed by atoms with van der Waals surface area (Å²) >= 11 is 11.4. The molecule has 1 rings (SSSR count). The Kier molecular flexibility index (Phi) is 7.55. The fourth-order valence-corrected chi connectivity index (χ4v) is 2.01. The van der Waals surface area contributed by atoms with Crippen LogP contribution in [0.3, 0.4) is 0 Å². The number of nitro benzene ring substituents is 1. The number of halogens is 2. The van der Waals surface area contributed by atoms with Crippen LogP contribution < -0.4 is 4.74 Å². The molecule has 0 aliphatic carbocycles. The molecule has 0 radical (unpaired) electrons. The Morgan fingerprint density at radius 2 is 1.68 bits per heavy atom. The average Bonchev–Trinajstić information content (AvgIpc) is 2.40. The molecule has 0 N–H and O–H groups in total. The molecule has 0 aromatic heterocycles. The van der Waals surface area contributed by atoms with Gasteiger partial charge in [-0.1, -0.05) is 0 Å². The highest BCUT2D eigenvalue weighted by Crippen LogP contribution is 2.17. The fourth-order valence-electron chi connectivity index (χ4n) is 1.53. The van der Waals surface area contributed by atoms with Gasteiger partial charge in [0.1, 0.15) is 12.4 Å². The maximum Gasteiger partial charge on any atom is 0.269 e. The van der Waals surface area contributed by atoms with E-state index in [-0.39, 0.29) is 5.69 Å². The second kappa shape index (κ2) is 8.96. The molecule has 0 spiro atoms. The fraction of sp³-hybridized carbons (Fsp3) is 0.500. The van der Waals surface area contributed by atoms with Crippen LogP contribution in [0.5, 0.6) is 5.75 Å². The molecule has 0 saturated carbocycles. The minimum Gasteiger partial charge on any atom is -0.492 e. The number of ether oxygens (including phenoxy) is 1. The predicted molar refractivity (Wildman–Crippen MR) is 76.5 cm³/mol. The zero-order valence-electron chi connectivity index (χ0n) is 10.4. The maximum atomic E-state index is 10.5. The molecule has 0 aliphatic heterocycles. The van der Waals surface area contributed by atoms with Crippen LogP contribution in [0.2, 0.25) is 0 Å².